The maximum absolute atomic E-state index is 14.7. The summed E-state index contributed by atoms with van der Waals surface area (Å²) in [4.78, 5) is 23.9. The highest BCUT2D eigenvalue weighted by atomic mass is 16.5. The fraction of sp³-hybridized carbons (Fsp3) is 0.375. The monoisotopic (exact) mass is 755 g/mol. The first-order valence-corrected chi connectivity index (χ1v) is 20.0. The van der Waals surface area contributed by atoms with Crippen LogP contribution >= 0.6 is 0 Å². The third-order valence-electron chi connectivity index (χ3n) is 11.0. The first-order valence-electron chi connectivity index (χ1n) is 20.0. The predicted octanol–water partition coefficient (Wildman–Crippen LogP) is 10.4. The summed E-state index contributed by atoms with van der Waals surface area (Å²) in [6.45, 7) is 9.07. The lowest BCUT2D eigenvalue weighted by Crippen LogP contribution is -2.47. The van der Waals surface area contributed by atoms with Crippen molar-refractivity contribution in [1.82, 2.24) is 9.88 Å². The lowest BCUT2D eigenvalue weighted by Gasteiger charge is -2.39. The smallest absolute Gasteiger partial charge is 0.258 e. The number of benzene rings is 4. The summed E-state index contributed by atoms with van der Waals surface area (Å²) in [6, 6.07) is 28.7. The molecule has 8 heteroatoms. The number of likely N-dealkylation sites (tertiary alicyclic amines) is 1. The van der Waals surface area contributed by atoms with Crippen LogP contribution in [0.4, 0.5) is 5.69 Å². The Hall–Kier alpha value is -5.34. The third kappa shape index (κ3) is 9.19. The van der Waals surface area contributed by atoms with Gasteiger partial charge in [0, 0.05) is 48.7 Å². The van der Waals surface area contributed by atoms with E-state index in [4.69, 9.17) is 23.9 Å². The minimum atomic E-state index is -0.0182. The van der Waals surface area contributed by atoms with Crippen LogP contribution in [0, 0.1) is 6.92 Å². The Balaban J connectivity index is 1.22. The number of piperidine rings is 1. The lowest BCUT2D eigenvalue weighted by atomic mass is 9.96. The highest BCUT2D eigenvalue weighted by molar-refractivity contribution is 6.07. The molecule has 6 rings (SSSR count). The Morgan fingerprint density at radius 3 is 2.16 bits per heavy atom. The number of pyridine rings is 1. The normalized spacial score (nSPS) is 13.3. The molecule has 0 aliphatic carbocycles. The summed E-state index contributed by atoms with van der Waals surface area (Å²) >= 11 is 0. The molecule has 56 heavy (non-hydrogen) atoms. The SMILES string of the molecule is CCCCc1cc(-c2cc(CN3CCC(N(C(=O)c4cccc(-c5cc(CCC)c(OC)c(OC)c5)c4)c4ccc(OC)cc4)CC3)ccn2)cc(OC)c1C. The van der Waals surface area contributed by atoms with E-state index in [2.05, 4.69) is 62.1 Å². The molecule has 0 N–H and O–H groups in total. The van der Waals surface area contributed by atoms with E-state index in [0.29, 0.717) is 11.3 Å². The van der Waals surface area contributed by atoms with Crippen molar-refractivity contribution in [2.24, 2.45) is 0 Å². The van der Waals surface area contributed by atoms with Gasteiger partial charge in [-0.3, -0.25) is 14.7 Å². The number of carbonyl (C=O) groups excluding carboxylic acids is 1. The van der Waals surface area contributed by atoms with Gasteiger partial charge in [0.15, 0.2) is 11.5 Å². The molecule has 4 aromatic carbocycles. The largest absolute Gasteiger partial charge is 0.497 e. The van der Waals surface area contributed by atoms with Crippen LogP contribution in [0.15, 0.2) is 91.1 Å². The van der Waals surface area contributed by atoms with Gasteiger partial charge in [0.1, 0.15) is 11.5 Å². The molecule has 294 valence electrons. The van der Waals surface area contributed by atoms with Gasteiger partial charge >= 0.3 is 0 Å². The number of aromatic nitrogens is 1. The number of aryl methyl sites for hydroxylation is 2. The van der Waals surface area contributed by atoms with Crippen LogP contribution in [-0.2, 0) is 19.4 Å². The molecule has 8 nitrogen and oxygen atoms in total. The minimum absolute atomic E-state index is 0.0182. The number of ether oxygens (including phenoxy) is 4. The minimum Gasteiger partial charge on any atom is -0.497 e. The van der Waals surface area contributed by atoms with Crippen LogP contribution in [0.25, 0.3) is 22.4 Å². The molecule has 1 aromatic heterocycles. The molecule has 0 bridgehead atoms. The second-order valence-electron chi connectivity index (χ2n) is 14.7. The molecule has 0 radical (unpaired) electrons. The van der Waals surface area contributed by atoms with Crippen LogP contribution in [0.2, 0.25) is 0 Å². The van der Waals surface area contributed by atoms with E-state index in [9.17, 15) is 4.79 Å². The van der Waals surface area contributed by atoms with Gasteiger partial charge in [-0.15, -0.1) is 0 Å². The molecular weight excluding hydrogens is 699 g/mol. The van der Waals surface area contributed by atoms with Gasteiger partial charge in [0.05, 0.1) is 34.1 Å². The Labute approximate surface area is 333 Å². The second kappa shape index (κ2) is 19.0. The average molecular weight is 756 g/mol. The zero-order valence-electron chi connectivity index (χ0n) is 34.2. The van der Waals surface area contributed by atoms with Crippen molar-refractivity contribution in [3.8, 4) is 45.4 Å². The molecule has 2 heterocycles. The average Bonchev–Trinajstić information content (AvgIpc) is 3.24. The first kappa shape index (κ1) is 40.3. The van der Waals surface area contributed by atoms with Gasteiger partial charge < -0.3 is 23.8 Å². The first-order chi connectivity index (χ1) is 27.3. The number of hydrogen-bond donors (Lipinski definition) is 0. The summed E-state index contributed by atoms with van der Waals surface area (Å²) in [5, 5.41) is 0. The summed E-state index contributed by atoms with van der Waals surface area (Å²) in [6.07, 6.45) is 8.77. The molecule has 1 amide bonds. The van der Waals surface area contributed by atoms with Gasteiger partial charge in [0.2, 0.25) is 0 Å². The number of anilines is 1. The number of nitrogens with zero attached hydrogens (tertiary/aromatic N) is 3. The number of methoxy groups -OCH3 is 4. The van der Waals surface area contributed by atoms with Crippen molar-refractivity contribution in [1.29, 1.82) is 0 Å². The van der Waals surface area contributed by atoms with E-state index in [0.717, 1.165) is 115 Å². The quantitative estimate of drug-likeness (QED) is 0.0993. The van der Waals surface area contributed by atoms with Crippen LogP contribution in [0.5, 0.6) is 23.0 Å². The molecule has 5 aromatic rings. The predicted molar refractivity (Wildman–Crippen MR) is 227 cm³/mol. The van der Waals surface area contributed by atoms with E-state index in [1.165, 1.54) is 16.7 Å². The summed E-state index contributed by atoms with van der Waals surface area (Å²) in [5.41, 5.74) is 10.3. The Bertz CT molecular complexity index is 2090. The van der Waals surface area contributed by atoms with Crippen LogP contribution < -0.4 is 23.8 Å². The van der Waals surface area contributed by atoms with E-state index >= 15 is 0 Å². The van der Waals surface area contributed by atoms with Crippen molar-refractivity contribution in [3.63, 3.8) is 0 Å². The Morgan fingerprint density at radius 1 is 0.750 bits per heavy atom. The standard InChI is InChI=1S/C48H57N3O5/c1-8-10-13-35-27-40(31-45(54-5)33(35)3)44-26-34(20-23-49-44)32-50-24-21-42(22-25-50)51(41-16-18-43(53-4)19-17-41)48(52)38-15-11-14-36(28-38)39-29-37(12-9-2)47(56-7)46(30-39)55-6/h11,14-20,23,26-31,42H,8-10,12-13,21-22,24-25,32H2,1-7H3. The molecule has 0 unspecified atom stereocenters. The van der Waals surface area contributed by atoms with Crippen molar-refractivity contribution in [2.45, 2.75) is 78.3 Å². The molecule has 1 fully saturated rings. The van der Waals surface area contributed by atoms with E-state index in [-0.39, 0.29) is 11.9 Å². The summed E-state index contributed by atoms with van der Waals surface area (Å²) < 4.78 is 22.7. The number of unbranched alkanes of at least 4 members (excludes halogenated alkanes) is 1. The molecule has 1 aliphatic heterocycles. The molecule has 1 aliphatic rings. The fourth-order valence-corrected chi connectivity index (χ4v) is 7.93. The number of hydrogen-bond acceptors (Lipinski definition) is 7. The lowest BCUT2D eigenvalue weighted by molar-refractivity contribution is 0.0958. The van der Waals surface area contributed by atoms with Crippen LogP contribution in [-0.4, -0.2) is 63.4 Å². The number of rotatable bonds is 16. The van der Waals surface area contributed by atoms with Gasteiger partial charge in [-0.2, -0.15) is 0 Å². The summed E-state index contributed by atoms with van der Waals surface area (Å²) in [5.74, 6) is 3.09. The molecule has 1 saturated heterocycles. The zero-order valence-corrected chi connectivity index (χ0v) is 34.2. The molecule has 0 atom stereocenters. The fourth-order valence-electron chi connectivity index (χ4n) is 7.93. The van der Waals surface area contributed by atoms with Crippen molar-refractivity contribution < 1.29 is 23.7 Å². The van der Waals surface area contributed by atoms with E-state index in [1.807, 2.05) is 59.6 Å². The maximum Gasteiger partial charge on any atom is 0.258 e. The van der Waals surface area contributed by atoms with Crippen molar-refractivity contribution >= 4 is 11.6 Å². The van der Waals surface area contributed by atoms with Crippen molar-refractivity contribution in [2.75, 3.05) is 46.4 Å². The Morgan fingerprint density at radius 2 is 1.48 bits per heavy atom. The van der Waals surface area contributed by atoms with Gasteiger partial charge in [0.25, 0.3) is 5.91 Å². The second-order valence-corrected chi connectivity index (χ2v) is 14.7. The number of amides is 1. The molecule has 0 saturated carbocycles. The van der Waals surface area contributed by atoms with E-state index < -0.39 is 0 Å². The summed E-state index contributed by atoms with van der Waals surface area (Å²) in [7, 11) is 6.74. The zero-order chi connectivity index (χ0) is 39.6. The van der Waals surface area contributed by atoms with E-state index in [1.54, 1.807) is 28.4 Å². The highest BCUT2D eigenvalue weighted by Gasteiger charge is 2.30. The molecule has 0 spiro atoms. The van der Waals surface area contributed by atoms with Gasteiger partial charge in [-0.1, -0.05) is 38.8 Å². The highest BCUT2D eigenvalue weighted by Crippen LogP contribution is 2.38. The number of carbonyl (C=O) groups is 1. The molecular formula is C48H57N3O5. The third-order valence-corrected chi connectivity index (χ3v) is 11.0. The van der Waals surface area contributed by atoms with Gasteiger partial charge in [-0.25, -0.2) is 0 Å². The van der Waals surface area contributed by atoms with Crippen LogP contribution in [0.3, 0.4) is 0 Å². The van der Waals surface area contributed by atoms with Crippen LogP contribution in [0.1, 0.15) is 78.6 Å². The topological polar surface area (TPSA) is 73.4 Å². The maximum atomic E-state index is 14.7. The van der Waals surface area contributed by atoms with Gasteiger partial charge in [-0.05, 0) is 145 Å². The Kier molecular flexibility index (Phi) is 13.7. The van der Waals surface area contributed by atoms with Crippen molar-refractivity contribution in [3.05, 3.63) is 119 Å².